The minimum atomic E-state index is -0.955. The van der Waals surface area contributed by atoms with E-state index in [-0.39, 0.29) is 24.5 Å². The number of carboxylic acid groups (broad SMARTS) is 1. The van der Waals surface area contributed by atoms with Gasteiger partial charge < -0.3 is 14.9 Å². The Hall–Kier alpha value is -1.26. The van der Waals surface area contributed by atoms with E-state index in [1.165, 1.54) is 11.3 Å². The molecular weight excluding hydrogens is 256 g/mol. The lowest BCUT2D eigenvalue weighted by Gasteiger charge is -2.39. The first kappa shape index (κ1) is 16.8. The molecule has 0 aromatic heterocycles. The quantitative estimate of drug-likeness (QED) is 0.844. The first-order valence-corrected chi connectivity index (χ1v) is 7.56. The largest absolute Gasteiger partial charge is 0.480 e. The van der Waals surface area contributed by atoms with Crippen LogP contribution in [0.3, 0.4) is 0 Å². The summed E-state index contributed by atoms with van der Waals surface area (Å²) in [4.78, 5) is 26.7. The van der Waals surface area contributed by atoms with E-state index in [1.54, 1.807) is 4.90 Å². The van der Waals surface area contributed by atoms with Crippen molar-refractivity contribution in [2.45, 2.75) is 52.5 Å². The van der Waals surface area contributed by atoms with Gasteiger partial charge in [-0.3, -0.25) is 4.79 Å². The average molecular weight is 284 g/mol. The van der Waals surface area contributed by atoms with Gasteiger partial charge in [-0.25, -0.2) is 4.79 Å². The van der Waals surface area contributed by atoms with Gasteiger partial charge in [-0.2, -0.15) is 0 Å². The Morgan fingerprint density at radius 2 is 1.85 bits per heavy atom. The van der Waals surface area contributed by atoms with Crippen LogP contribution in [0.1, 0.15) is 46.5 Å². The van der Waals surface area contributed by atoms with Gasteiger partial charge in [0.1, 0.15) is 6.54 Å². The number of hydrogen-bond acceptors (Lipinski definition) is 2. The Kier molecular flexibility index (Phi) is 6.30. The van der Waals surface area contributed by atoms with Crippen molar-refractivity contribution in [3.8, 4) is 0 Å². The highest BCUT2D eigenvalue weighted by Gasteiger charge is 2.31. The molecular formula is C15H28N2O3. The van der Waals surface area contributed by atoms with E-state index >= 15 is 0 Å². The second-order valence-corrected chi connectivity index (χ2v) is 6.39. The second-order valence-electron chi connectivity index (χ2n) is 6.39. The van der Waals surface area contributed by atoms with Crippen LogP contribution in [-0.4, -0.2) is 53.1 Å². The maximum Gasteiger partial charge on any atom is 0.323 e. The van der Waals surface area contributed by atoms with Crippen LogP contribution in [0, 0.1) is 11.8 Å². The van der Waals surface area contributed by atoms with E-state index in [1.807, 2.05) is 20.9 Å². The van der Waals surface area contributed by atoms with Gasteiger partial charge in [-0.1, -0.05) is 33.6 Å². The molecule has 2 unspecified atom stereocenters. The van der Waals surface area contributed by atoms with Crippen LogP contribution < -0.4 is 0 Å². The molecule has 5 heteroatoms. The fourth-order valence-corrected chi connectivity index (χ4v) is 3.05. The number of amides is 2. The van der Waals surface area contributed by atoms with Gasteiger partial charge in [-0.05, 0) is 24.7 Å². The Labute approximate surface area is 121 Å². The van der Waals surface area contributed by atoms with Crippen molar-refractivity contribution in [2.24, 2.45) is 11.8 Å². The molecule has 1 rings (SSSR count). The molecule has 0 aromatic carbocycles. The number of rotatable bonds is 5. The van der Waals surface area contributed by atoms with Crippen LogP contribution in [0.25, 0.3) is 0 Å². The van der Waals surface area contributed by atoms with E-state index < -0.39 is 5.97 Å². The minimum Gasteiger partial charge on any atom is -0.480 e. The lowest BCUT2D eigenvalue weighted by atomic mass is 9.85. The second kappa shape index (κ2) is 7.50. The Morgan fingerprint density at radius 1 is 1.25 bits per heavy atom. The van der Waals surface area contributed by atoms with E-state index in [0.29, 0.717) is 12.5 Å². The first-order chi connectivity index (χ1) is 9.32. The van der Waals surface area contributed by atoms with Gasteiger partial charge in [0.2, 0.25) is 0 Å². The molecule has 5 nitrogen and oxygen atoms in total. The van der Waals surface area contributed by atoms with E-state index in [0.717, 1.165) is 19.3 Å². The summed E-state index contributed by atoms with van der Waals surface area (Å²) in [5.41, 5.74) is 0. The molecule has 0 saturated heterocycles. The monoisotopic (exact) mass is 284 g/mol. The van der Waals surface area contributed by atoms with Gasteiger partial charge in [0.05, 0.1) is 0 Å². The molecule has 0 aliphatic heterocycles. The standard InChI is InChI=1S/C15H28N2O3/c1-11(2)9-17(10-14(18)19)15(20)16(4)13-8-6-5-7-12(13)3/h11-13H,5-10H2,1-4H3,(H,18,19). The molecule has 2 amide bonds. The third-order valence-electron chi connectivity index (χ3n) is 4.05. The molecule has 2 atom stereocenters. The fraction of sp³-hybridized carbons (Fsp3) is 0.867. The van der Waals surface area contributed by atoms with Crippen molar-refractivity contribution >= 4 is 12.0 Å². The SMILES string of the molecule is CC(C)CN(CC(=O)O)C(=O)N(C)C1CCCCC1C. The topological polar surface area (TPSA) is 60.9 Å². The van der Waals surface area contributed by atoms with Gasteiger partial charge >= 0.3 is 12.0 Å². The van der Waals surface area contributed by atoms with Gasteiger partial charge in [0.15, 0.2) is 0 Å². The lowest BCUT2D eigenvalue weighted by Crippen LogP contribution is -2.51. The number of carbonyl (C=O) groups is 2. The summed E-state index contributed by atoms with van der Waals surface area (Å²) < 4.78 is 0. The average Bonchev–Trinajstić information content (AvgIpc) is 2.35. The summed E-state index contributed by atoms with van der Waals surface area (Å²) in [7, 11) is 1.81. The number of carboxylic acids is 1. The van der Waals surface area contributed by atoms with Gasteiger partial charge in [0.25, 0.3) is 0 Å². The highest BCUT2D eigenvalue weighted by molar-refractivity contribution is 5.80. The molecule has 1 aliphatic rings. The number of urea groups is 1. The molecule has 1 aliphatic carbocycles. The maximum absolute atomic E-state index is 12.5. The Bertz CT molecular complexity index is 344. The zero-order chi connectivity index (χ0) is 15.3. The van der Waals surface area contributed by atoms with Crippen molar-refractivity contribution < 1.29 is 14.7 Å². The van der Waals surface area contributed by atoms with Crippen molar-refractivity contribution in [1.82, 2.24) is 9.80 Å². The molecule has 1 saturated carbocycles. The van der Waals surface area contributed by atoms with Crippen molar-refractivity contribution in [1.29, 1.82) is 0 Å². The summed E-state index contributed by atoms with van der Waals surface area (Å²) >= 11 is 0. The van der Waals surface area contributed by atoms with Crippen LogP contribution in [0.4, 0.5) is 4.79 Å². The number of aliphatic carboxylic acids is 1. The maximum atomic E-state index is 12.5. The summed E-state index contributed by atoms with van der Waals surface area (Å²) in [5, 5.41) is 8.98. The summed E-state index contributed by atoms with van der Waals surface area (Å²) in [5.74, 6) is -0.206. The van der Waals surface area contributed by atoms with Crippen LogP contribution in [0.15, 0.2) is 0 Å². The van der Waals surface area contributed by atoms with Crippen LogP contribution in [-0.2, 0) is 4.79 Å². The Balaban J connectivity index is 2.73. The van der Waals surface area contributed by atoms with E-state index in [9.17, 15) is 9.59 Å². The van der Waals surface area contributed by atoms with Crippen molar-refractivity contribution in [3.05, 3.63) is 0 Å². The predicted molar refractivity (Wildman–Crippen MR) is 78.6 cm³/mol. The van der Waals surface area contributed by atoms with Crippen molar-refractivity contribution in [2.75, 3.05) is 20.1 Å². The molecule has 0 bridgehead atoms. The van der Waals surface area contributed by atoms with E-state index in [4.69, 9.17) is 5.11 Å². The summed E-state index contributed by atoms with van der Waals surface area (Å²) in [6.07, 6.45) is 4.54. The number of carbonyl (C=O) groups excluding carboxylic acids is 1. The molecule has 0 radical (unpaired) electrons. The zero-order valence-electron chi connectivity index (χ0n) is 13.1. The highest BCUT2D eigenvalue weighted by Crippen LogP contribution is 2.28. The van der Waals surface area contributed by atoms with Crippen LogP contribution in [0.2, 0.25) is 0 Å². The highest BCUT2D eigenvalue weighted by atomic mass is 16.4. The molecule has 0 aromatic rings. The van der Waals surface area contributed by atoms with Gasteiger partial charge in [-0.15, -0.1) is 0 Å². The summed E-state index contributed by atoms with van der Waals surface area (Å²) in [6, 6.07) is 0.0829. The molecule has 0 spiro atoms. The van der Waals surface area contributed by atoms with E-state index in [2.05, 4.69) is 6.92 Å². The van der Waals surface area contributed by atoms with Crippen LogP contribution >= 0.6 is 0 Å². The third kappa shape index (κ3) is 4.69. The normalized spacial score (nSPS) is 22.6. The van der Waals surface area contributed by atoms with Crippen LogP contribution in [0.5, 0.6) is 0 Å². The van der Waals surface area contributed by atoms with Gasteiger partial charge in [0, 0.05) is 19.6 Å². The first-order valence-electron chi connectivity index (χ1n) is 7.56. The fourth-order valence-electron chi connectivity index (χ4n) is 3.05. The summed E-state index contributed by atoms with van der Waals surface area (Å²) in [6.45, 7) is 6.42. The molecule has 0 heterocycles. The zero-order valence-corrected chi connectivity index (χ0v) is 13.1. The third-order valence-corrected chi connectivity index (χ3v) is 4.05. The molecule has 1 N–H and O–H groups in total. The number of hydrogen-bond donors (Lipinski definition) is 1. The molecule has 1 fully saturated rings. The smallest absolute Gasteiger partial charge is 0.323 e. The van der Waals surface area contributed by atoms with Crippen molar-refractivity contribution in [3.63, 3.8) is 0 Å². The predicted octanol–water partition coefficient (Wildman–Crippen LogP) is 2.66. The molecule has 20 heavy (non-hydrogen) atoms. The molecule has 116 valence electrons. The number of nitrogens with zero attached hydrogens (tertiary/aromatic N) is 2. The lowest BCUT2D eigenvalue weighted by molar-refractivity contribution is -0.137. The minimum absolute atomic E-state index is 0.153. The Morgan fingerprint density at radius 3 is 2.35 bits per heavy atom.